The van der Waals surface area contributed by atoms with Gasteiger partial charge in [0.1, 0.15) is 11.6 Å². The smallest absolute Gasteiger partial charge is 0.128 e. The Bertz CT molecular complexity index is 711. The molecule has 1 aromatic heterocycles. The fraction of sp³-hybridized carbons (Fsp3) is 0.474. The van der Waals surface area contributed by atoms with Crippen LogP contribution in [0.3, 0.4) is 0 Å². The van der Waals surface area contributed by atoms with E-state index in [0.717, 1.165) is 37.4 Å². The van der Waals surface area contributed by atoms with Gasteiger partial charge in [0.05, 0.1) is 25.0 Å². The van der Waals surface area contributed by atoms with Gasteiger partial charge < -0.3 is 9.84 Å². The lowest BCUT2D eigenvalue weighted by atomic mass is 10.1. The molecule has 0 spiro atoms. The van der Waals surface area contributed by atoms with E-state index in [1.807, 2.05) is 13.1 Å². The largest absolute Gasteiger partial charge is 0.389 e. The molecule has 3 rings (SSSR count). The van der Waals surface area contributed by atoms with E-state index >= 15 is 0 Å². The molecule has 0 fully saturated rings. The molecule has 0 amide bonds. The molecule has 1 aromatic carbocycles. The Kier molecular flexibility index (Phi) is 6.07. The number of nitrogens with zero attached hydrogens (tertiary/aromatic N) is 3. The van der Waals surface area contributed by atoms with Gasteiger partial charge in [0, 0.05) is 37.8 Å². The predicted molar refractivity (Wildman–Crippen MR) is 92.5 cm³/mol. The Morgan fingerprint density at radius 1 is 1.36 bits per heavy atom. The number of aliphatic hydroxyl groups excluding tert-OH is 1. The summed E-state index contributed by atoms with van der Waals surface area (Å²) in [5.74, 6) is 0.574. The molecule has 1 aliphatic heterocycles. The zero-order chi connectivity index (χ0) is 17.6. The second kappa shape index (κ2) is 8.47. The Morgan fingerprint density at radius 3 is 3.00 bits per heavy atom. The van der Waals surface area contributed by atoms with Gasteiger partial charge in [0.25, 0.3) is 0 Å². The standard InChI is InChI=1S/C19H24FN3O2/c1-2-19-21-9-14-7-8-23(11-18(14)22-19)10-16(24)13-25-12-15-5-3-4-6-17(15)20/h3-6,9,16,24H,2,7-8,10-13H2,1H3/t16-/m1/s1. The highest BCUT2D eigenvalue weighted by molar-refractivity contribution is 5.20. The van der Waals surface area contributed by atoms with Crippen molar-refractivity contribution in [3.8, 4) is 0 Å². The maximum Gasteiger partial charge on any atom is 0.128 e. The molecule has 1 atom stereocenters. The van der Waals surface area contributed by atoms with Gasteiger partial charge in [0.15, 0.2) is 0 Å². The lowest BCUT2D eigenvalue weighted by Gasteiger charge is -2.29. The van der Waals surface area contributed by atoms with Gasteiger partial charge in [-0.25, -0.2) is 14.4 Å². The molecular formula is C19H24FN3O2. The Balaban J connectivity index is 1.47. The number of hydrogen-bond donors (Lipinski definition) is 1. The van der Waals surface area contributed by atoms with Gasteiger partial charge in [-0.2, -0.15) is 0 Å². The van der Waals surface area contributed by atoms with Crippen molar-refractivity contribution in [1.29, 1.82) is 0 Å². The molecule has 5 nitrogen and oxygen atoms in total. The molecule has 0 bridgehead atoms. The minimum Gasteiger partial charge on any atom is -0.389 e. The highest BCUT2D eigenvalue weighted by atomic mass is 19.1. The first-order chi connectivity index (χ1) is 12.2. The van der Waals surface area contributed by atoms with Crippen LogP contribution in [0.4, 0.5) is 4.39 Å². The number of ether oxygens (including phenoxy) is 1. The molecule has 0 saturated carbocycles. The quantitative estimate of drug-likeness (QED) is 0.833. The Morgan fingerprint density at radius 2 is 2.20 bits per heavy atom. The predicted octanol–water partition coefficient (Wildman–Crippen LogP) is 2.11. The van der Waals surface area contributed by atoms with E-state index in [1.165, 1.54) is 11.6 Å². The van der Waals surface area contributed by atoms with Crippen molar-refractivity contribution in [2.24, 2.45) is 0 Å². The molecule has 2 heterocycles. The number of halogens is 1. The number of aliphatic hydroxyl groups is 1. The minimum atomic E-state index is -0.610. The van der Waals surface area contributed by atoms with Crippen molar-refractivity contribution >= 4 is 0 Å². The molecule has 25 heavy (non-hydrogen) atoms. The van der Waals surface area contributed by atoms with Gasteiger partial charge in [-0.3, -0.25) is 4.90 Å². The highest BCUT2D eigenvalue weighted by Gasteiger charge is 2.20. The molecule has 1 N–H and O–H groups in total. The molecule has 0 unspecified atom stereocenters. The fourth-order valence-electron chi connectivity index (χ4n) is 3.00. The number of aryl methyl sites for hydroxylation is 1. The first-order valence-electron chi connectivity index (χ1n) is 8.71. The Hall–Kier alpha value is -1.89. The van der Waals surface area contributed by atoms with E-state index in [1.54, 1.807) is 18.2 Å². The third kappa shape index (κ3) is 4.81. The van der Waals surface area contributed by atoms with E-state index in [9.17, 15) is 9.50 Å². The lowest BCUT2D eigenvalue weighted by Crippen LogP contribution is -2.38. The third-order valence-corrected chi connectivity index (χ3v) is 4.39. The molecule has 134 valence electrons. The van der Waals surface area contributed by atoms with Gasteiger partial charge in [-0.15, -0.1) is 0 Å². The van der Waals surface area contributed by atoms with Crippen LogP contribution in [0.5, 0.6) is 0 Å². The molecule has 0 saturated heterocycles. The topological polar surface area (TPSA) is 58.5 Å². The van der Waals surface area contributed by atoms with Crippen LogP contribution in [0.15, 0.2) is 30.5 Å². The van der Waals surface area contributed by atoms with E-state index in [0.29, 0.717) is 12.1 Å². The van der Waals surface area contributed by atoms with Crippen LogP contribution in [0.1, 0.15) is 29.6 Å². The van der Waals surface area contributed by atoms with Crippen molar-refractivity contribution in [1.82, 2.24) is 14.9 Å². The Labute approximate surface area is 147 Å². The first-order valence-corrected chi connectivity index (χ1v) is 8.71. The van der Waals surface area contributed by atoms with E-state index in [-0.39, 0.29) is 19.0 Å². The summed E-state index contributed by atoms with van der Waals surface area (Å²) >= 11 is 0. The van der Waals surface area contributed by atoms with E-state index in [2.05, 4.69) is 14.9 Å². The van der Waals surface area contributed by atoms with Crippen LogP contribution >= 0.6 is 0 Å². The summed E-state index contributed by atoms with van der Waals surface area (Å²) in [5.41, 5.74) is 2.75. The van der Waals surface area contributed by atoms with Crippen molar-refractivity contribution in [2.45, 2.75) is 39.0 Å². The lowest BCUT2D eigenvalue weighted by molar-refractivity contribution is 0.00674. The molecule has 1 aliphatic rings. The summed E-state index contributed by atoms with van der Waals surface area (Å²) in [6.45, 7) is 4.49. The summed E-state index contributed by atoms with van der Waals surface area (Å²) in [6, 6.07) is 6.52. The van der Waals surface area contributed by atoms with Crippen LogP contribution in [0, 0.1) is 5.82 Å². The normalized spacial score (nSPS) is 15.8. The van der Waals surface area contributed by atoms with Gasteiger partial charge in [-0.1, -0.05) is 25.1 Å². The molecule has 0 radical (unpaired) electrons. The maximum atomic E-state index is 13.5. The highest BCUT2D eigenvalue weighted by Crippen LogP contribution is 2.17. The maximum absolute atomic E-state index is 13.5. The van der Waals surface area contributed by atoms with Crippen LogP contribution in [-0.4, -0.2) is 45.8 Å². The van der Waals surface area contributed by atoms with Crippen LogP contribution < -0.4 is 0 Å². The number of rotatable bonds is 7. The van der Waals surface area contributed by atoms with Gasteiger partial charge >= 0.3 is 0 Å². The van der Waals surface area contributed by atoms with E-state index in [4.69, 9.17) is 4.74 Å². The van der Waals surface area contributed by atoms with Crippen LogP contribution in [0.2, 0.25) is 0 Å². The minimum absolute atomic E-state index is 0.166. The van der Waals surface area contributed by atoms with Crippen molar-refractivity contribution in [2.75, 3.05) is 19.7 Å². The van der Waals surface area contributed by atoms with Crippen molar-refractivity contribution in [3.05, 3.63) is 58.9 Å². The monoisotopic (exact) mass is 345 g/mol. The summed E-state index contributed by atoms with van der Waals surface area (Å²) < 4.78 is 19.0. The van der Waals surface area contributed by atoms with Crippen LogP contribution in [-0.2, 0) is 30.7 Å². The summed E-state index contributed by atoms with van der Waals surface area (Å²) in [4.78, 5) is 11.1. The molecule has 0 aliphatic carbocycles. The number of β-amino-alcohol motifs (C(OH)–C–C–N with tert-alkyl or cyclic N) is 1. The second-order valence-electron chi connectivity index (χ2n) is 6.36. The molecule has 6 heteroatoms. The average molecular weight is 345 g/mol. The zero-order valence-electron chi connectivity index (χ0n) is 14.5. The first kappa shape index (κ1) is 17.9. The van der Waals surface area contributed by atoms with Crippen molar-refractivity contribution < 1.29 is 14.2 Å². The van der Waals surface area contributed by atoms with Crippen LogP contribution in [0.25, 0.3) is 0 Å². The molecular weight excluding hydrogens is 321 g/mol. The number of benzene rings is 1. The van der Waals surface area contributed by atoms with Crippen molar-refractivity contribution in [3.63, 3.8) is 0 Å². The number of fused-ring (bicyclic) bond motifs is 1. The van der Waals surface area contributed by atoms with Gasteiger partial charge in [-0.05, 0) is 18.1 Å². The van der Waals surface area contributed by atoms with Gasteiger partial charge in [0.2, 0.25) is 0 Å². The summed E-state index contributed by atoms with van der Waals surface area (Å²) in [7, 11) is 0. The number of hydrogen-bond acceptors (Lipinski definition) is 5. The summed E-state index contributed by atoms with van der Waals surface area (Å²) in [6.07, 6.45) is 3.02. The third-order valence-electron chi connectivity index (χ3n) is 4.39. The SMILES string of the molecule is CCc1ncc2c(n1)CN(C[C@@H](O)COCc1ccccc1F)CC2. The fourth-order valence-corrected chi connectivity index (χ4v) is 3.00. The zero-order valence-corrected chi connectivity index (χ0v) is 14.5. The van der Waals surface area contributed by atoms with E-state index < -0.39 is 6.10 Å². The summed E-state index contributed by atoms with van der Waals surface area (Å²) in [5, 5.41) is 10.2. The average Bonchev–Trinajstić information content (AvgIpc) is 2.62. The number of aromatic nitrogens is 2. The molecule has 2 aromatic rings. The second-order valence-corrected chi connectivity index (χ2v) is 6.36.